The van der Waals surface area contributed by atoms with Gasteiger partial charge in [0.15, 0.2) is 0 Å². The maximum atomic E-state index is 11.4. The van der Waals surface area contributed by atoms with Crippen molar-refractivity contribution < 1.29 is 42.9 Å². The maximum Gasteiger partial charge on any atom is 0.534 e. The number of carbonyl (C=O) groups is 3. The predicted molar refractivity (Wildman–Crippen MR) is 84.6 cm³/mol. The third kappa shape index (κ3) is 13.2. The van der Waals surface area contributed by atoms with Crippen molar-refractivity contribution in [2.24, 2.45) is 0 Å². The molecule has 0 aliphatic carbocycles. The Hall–Kier alpha value is -1.75. The van der Waals surface area contributed by atoms with Crippen molar-refractivity contribution in [2.45, 2.75) is 20.3 Å². The number of hydrogen-bond acceptors (Lipinski definition) is 9. The van der Waals surface area contributed by atoms with E-state index in [1.54, 1.807) is 7.11 Å². The van der Waals surface area contributed by atoms with Gasteiger partial charge in [0.05, 0.1) is 46.2 Å². The monoisotopic (exact) mass is 365 g/mol. The minimum absolute atomic E-state index is 0.0212. The van der Waals surface area contributed by atoms with E-state index in [1.165, 1.54) is 6.92 Å². The standard InChI is InChI=1S/C15H27NO9/c1-4-14(18)16(13(2)17)25-15(19)24-12-11-23-10-9-22-8-7-21-6-5-20-3/h4-12H2,1-3H3. The average Bonchev–Trinajstić information content (AvgIpc) is 2.59. The highest BCUT2D eigenvalue weighted by atomic mass is 16.8. The molecule has 0 saturated carbocycles. The third-order valence-corrected chi connectivity index (χ3v) is 2.60. The van der Waals surface area contributed by atoms with Crippen molar-refractivity contribution in [3.63, 3.8) is 0 Å². The number of carbonyl (C=O) groups excluding carboxylic acids is 3. The summed E-state index contributed by atoms with van der Waals surface area (Å²) in [6.45, 7) is 5.38. The van der Waals surface area contributed by atoms with Gasteiger partial charge in [-0.3, -0.25) is 14.4 Å². The molecule has 0 spiro atoms. The molecule has 10 nitrogen and oxygen atoms in total. The zero-order chi connectivity index (χ0) is 18.9. The van der Waals surface area contributed by atoms with Crippen LogP contribution in [0.25, 0.3) is 0 Å². The Morgan fingerprint density at radius 1 is 0.800 bits per heavy atom. The molecule has 0 unspecified atom stereocenters. The van der Waals surface area contributed by atoms with E-state index in [4.69, 9.17) is 23.7 Å². The molecule has 0 atom stereocenters. The van der Waals surface area contributed by atoms with E-state index in [9.17, 15) is 14.4 Å². The first-order chi connectivity index (χ1) is 12.0. The summed E-state index contributed by atoms with van der Waals surface area (Å²) in [5, 5.41) is 0.367. The summed E-state index contributed by atoms with van der Waals surface area (Å²) in [5.41, 5.74) is 0. The van der Waals surface area contributed by atoms with Crippen LogP contribution < -0.4 is 0 Å². The van der Waals surface area contributed by atoms with Gasteiger partial charge in [0.25, 0.3) is 11.8 Å². The number of methoxy groups -OCH3 is 1. The minimum atomic E-state index is -1.15. The summed E-state index contributed by atoms with van der Waals surface area (Å²) in [4.78, 5) is 38.5. The van der Waals surface area contributed by atoms with Crippen molar-refractivity contribution in [3.05, 3.63) is 0 Å². The first-order valence-corrected chi connectivity index (χ1v) is 7.93. The Bertz CT molecular complexity index is 389. The smallest absolute Gasteiger partial charge is 0.430 e. The Labute approximate surface area is 147 Å². The van der Waals surface area contributed by atoms with Gasteiger partial charge in [-0.1, -0.05) is 12.0 Å². The lowest BCUT2D eigenvalue weighted by atomic mass is 10.4. The van der Waals surface area contributed by atoms with Gasteiger partial charge in [0.1, 0.15) is 6.61 Å². The van der Waals surface area contributed by atoms with E-state index in [2.05, 4.69) is 4.84 Å². The Morgan fingerprint density at radius 3 is 1.72 bits per heavy atom. The number of hydroxylamine groups is 2. The van der Waals surface area contributed by atoms with Gasteiger partial charge in [0, 0.05) is 20.5 Å². The Balaban J connectivity index is 3.54. The van der Waals surface area contributed by atoms with Crippen LogP contribution in [-0.2, 0) is 38.1 Å². The molecule has 2 amide bonds. The number of hydrogen-bond donors (Lipinski definition) is 0. The van der Waals surface area contributed by atoms with E-state index in [0.717, 1.165) is 6.92 Å². The quantitative estimate of drug-likeness (QED) is 0.262. The zero-order valence-electron chi connectivity index (χ0n) is 15.0. The normalized spacial score (nSPS) is 10.4. The first-order valence-electron chi connectivity index (χ1n) is 7.93. The molecule has 0 rings (SSSR count). The molecule has 0 N–H and O–H groups in total. The molecule has 0 aliphatic heterocycles. The number of nitrogens with zero attached hydrogens (tertiary/aromatic N) is 1. The highest BCUT2D eigenvalue weighted by Gasteiger charge is 2.22. The predicted octanol–water partition coefficient (Wildman–Crippen LogP) is 0.536. The van der Waals surface area contributed by atoms with Crippen LogP contribution in [0.4, 0.5) is 4.79 Å². The van der Waals surface area contributed by atoms with Crippen LogP contribution >= 0.6 is 0 Å². The number of rotatable bonds is 13. The van der Waals surface area contributed by atoms with E-state index in [-0.39, 0.29) is 19.6 Å². The first kappa shape index (κ1) is 23.2. The average molecular weight is 365 g/mol. The van der Waals surface area contributed by atoms with Crippen molar-refractivity contribution in [1.29, 1.82) is 0 Å². The summed E-state index contributed by atoms with van der Waals surface area (Å²) >= 11 is 0. The molecular formula is C15H27NO9. The minimum Gasteiger partial charge on any atom is -0.430 e. The molecule has 146 valence electrons. The van der Waals surface area contributed by atoms with Gasteiger partial charge < -0.3 is 23.7 Å². The molecule has 0 fully saturated rings. The van der Waals surface area contributed by atoms with Gasteiger partial charge in [-0.05, 0) is 0 Å². The fourth-order valence-corrected chi connectivity index (χ4v) is 1.40. The Morgan fingerprint density at radius 2 is 1.28 bits per heavy atom. The van der Waals surface area contributed by atoms with Gasteiger partial charge in [-0.25, -0.2) is 4.79 Å². The molecular weight excluding hydrogens is 338 g/mol. The molecule has 0 radical (unpaired) electrons. The van der Waals surface area contributed by atoms with Crippen LogP contribution in [-0.4, -0.2) is 83.0 Å². The van der Waals surface area contributed by atoms with Crippen LogP contribution in [0.1, 0.15) is 20.3 Å². The van der Waals surface area contributed by atoms with E-state index >= 15 is 0 Å². The van der Waals surface area contributed by atoms with Crippen LogP contribution in [0.15, 0.2) is 0 Å². The number of imide groups is 1. The number of amides is 2. The molecule has 0 saturated heterocycles. The van der Waals surface area contributed by atoms with Crippen molar-refractivity contribution in [3.8, 4) is 0 Å². The van der Waals surface area contributed by atoms with Crippen LogP contribution in [0.5, 0.6) is 0 Å². The Kier molecular flexibility index (Phi) is 14.7. The van der Waals surface area contributed by atoms with Gasteiger partial charge in [0.2, 0.25) is 0 Å². The molecule has 0 bridgehead atoms. The van der Waals surface area contributed by atoms with Crippen LogP contribution in [0, 0.1) is 0 Å². The molecule has 0 aliphatic rings. The lowest BCUT2D eigenvalue weighted by molar-refractivity contribution is -0.183. The van der Waals surface area contributed by atoms with Crippen LogP contribution in [0.2, 0.25) is 0 Å². The summed E-state index contributed by atoms with van der Waals surface area (Å²) < 4.78 is 25.2. The third-order valence-electron chi connectivity index (χ3n) is 2.60. The fraction of sp³-hybridized carbons (Fsp3) is 0.800. The van der Waals surface area contributed by atoms with E-state index in [1.807, 2.05) is 0 Å². The van der Waals surface area contributed by atoms with E-state index < -0.39 is 18.0 Å². The highest BCUT2D eigenvalue weighted by molar-refractivity contribution is 5.93. The van der Waals surface area contributed by atoms with Crippen LogP contribution in [0.3, 0.4) is 0 Å². The SMILES string of the molecule is CCC(=O)N(OC(=O)OCCOCCOCCOCCOC)C(C)=O. The molecule has 0 aromatic rings. The molecule has 10 heteroatoms. The maximum absolute atomic E-state index is 11.4. The molecule has 0 heterocycles. The van der Waals surface area contributed by atoms with E-state index in [0.29, 0.717) is 44.7 Å². The zero-order valence-corrected chi connectivity index (χ0v) is 15.0. The summed E-state index contributed by atoms with van der Waals surface area (Å²) in [6.07, 6.45) is -1.13. The highest BCUT2D eigenvalue weighted by Crippen LogP contribution is 1.99. The van der Waals surface area contributed by atoms with Crippen molar-refractivity contribution in [1.82, 2.24) is 5.06 Å². The summed E-state index contributed by atoms with van der Waals surface area (Å²) in [7, 11) is 1.60. The lowest BCUT2D eigenvalue weighted by Gasteiger charge is -2.16. The topological polar surface area (TPSA) is 110 Å². The second-order valence-electron chi connectivity index (χ2n) is 4.58. The fourth-order valence-electron chi connectivity index (χ4n) is 1.40. The van der Waals surface area contributed by atoms with Crippen molar-refractivity contribution >= 4 is 18.0 Å². The van der Waals surface area contributed by atoms with Gasteiger partial charge in [-0.2, -0.15) is 0 Å². The second kappa shape index (κ2) is 15.8. The summed E-state index contributed by atoms with van der Waals surface area (Å²) in [5.74, 6) is -1.34. The molecule has 25 heavy (non-hydrogen) atoms. The lowest BCUT2D eigenvalue weighted by Crippen LogP contribution is -2.37. The largest absolute Gasteiger partial charge is 0.534 e. The van der Waals surface area contributed by atoms with Gasteiger partial charge >= 0.3 is 6.16 Å². The van der Waals surface area contributed by atoms with Crippen molar-refractivity contribution in [2.75, 3.05) is 60.0 Å². The molecule has 0 aromatic heterocycles. The number of ether oxygens (including phenoxy) is 5. The summed E-state index contributed by atoms with van der Waals surface area (Å²) in [6, 6.07) is 0. The molecule has 0 aromatic carbocycles. The second-order valence-corrected chi connectivity index (χ2v) is 4.58. The van der Waals surface area contributed by atoms with Gasteiger partial charge in [-0.15, -0.1) is 0 Å².